The molecule has 1 aromatic heterocycles. The SMILES string of the molecule is C/C(=C\c1ccco1)CN1CC[C@]2(CCCNC2=O)C1. The van der Waals surface area contributed by atoms with Crippen molar-refractivity contribution in [1.82, 2.24) is 10.2 Å². The number of rotatable bonds is 3. The average Bonchev–Trinajstić information content (AvgIpc) is 3.04. The molecule has 1 aromatic rings. The van der Waals surface area contributed by atoms with E-state index in [-0.39, 0.29) is 11.3 Å². The van der Waals surface area contributed by atoms with Crippen LogP contribution in [-0.4, -0.2) is 37.0 Å². The molecule has 3 rings (SSSR count). The van der Waals surface area contributed by atoms with Crippen LogP contribution in [0.3, 0.4) is 0 Å². The van der Waals surface area contributed by atoms with Crippen molar-refractivity contribution < 1.29 is 9.21 Å². The summed E-state index contributed by atoms with van der Waals surface area (Å²) in [6.07, 6.45) is 6.91. The molecule has 1 N–H and O–H groups in total. The molecule has 0 bridgehead atoms. The highest BCUT2D eigenvalue weighted by molar-refractivity contribution is 5.84. The lowest BCUT2D eigenvalue weighted by Gasteiger charge is -2.32. The summed E-state index contributed by atoms with van der Waals surface area (Å²) in [5.41, 5.74) is 1.15. The van der Waals surface area contributed by atoms with Crippen molar-refractivity contribution in [2.24, 2.45) is 5.41 Å². The second kappa shape index (κ2) is 5.44. The van der Waals surface area contributed by atoms with Crippen LogP contribution in [0.5, 0.6) is 0 Å². The fourth-order valence-electron chi connectivity index (χ4n) is 3.43. The van der Waals surface area contributed by atoms with Crippen LogP contribution in [0.15, 0.2) is 28.4 Å². The van der Waals surface area contributed by atoms with Gasteiger partial charge in [0.25, 0.3) is 0 Å². The summed E-state index contributed by atoms with van der Waals surface area (Å²) in [6, 6.07) is 3.86. The van der Waals surface area contributed by atoms with Crippen LogP contribution in [-0.2, 0) is 4.79 Å². The van der Waals surface area contributed by atoms with E-state index >= 15 is 0 Å². The van der Waals surface area contributed by atoms with E-state index in [0.29, 0.717) is 0 Å². The van der Waals surface area contributed by atoms with Gasteiger partial charge < -0.3 is 9.73 Å². The maximum atomic E-state index is 12.1. The van der Waals surface area contributed by atoms with Gasteiger partial charge in [0.1, 0.15) is 5.76 Å². The molecular formula is C16H22N2O2. The summed E-state index contributed by atoms with van der Waals surface area (Å²) in [5, 5.41) is 3.03. The van der Waals surface area contributed by atoms with Crippen molar-refractivity contribution in [1.29, 1.82) is 0 Å². The molecule has 2 aliphatic heterocycles. The second-order valence-electron chi connectivity index (χ2n) is 6.11. The third-order valence-corrected chi connectivity index (χ3v) is 4.44. The van der Waals surface area contributed by atoms with Gasteiger partial charge in [0.2, 0.25) is 5.91 Å². The van der Waals surface area contributed by atoms with E-state index in [0.717, 1.165) is 51.2 Å². The van der Waals surface area contributed by atoms with E-state index in [2.05, 4.69) is 23.2 Å². The minimum Gasteiger partial charge on any atom is -0.465 e. The van der Waals surface area contributed by atoms with Crippen molar-refractivity contribution in [3.63, 3.8) is 0 Å². The highest BCUT2D eigenvalue weighted by Gasteiger charge is 2.45. The van der Waals surface area contributed by atoms with Gasteiger partial charge in [-0.1, -0.05) is 5.57 Å². The van der Waals surface area contributed by atoms with Crippen LogP contribution in [0.25, 0.3) is 6.08 Å². The van der Waals surface area contributed by atoms with Crippen molar-refractivity contribution in [3.05, 3.63) is 29.7 Å². The van der Waals surface area contributed by atoms with Crippen LogP contribution >= 0.6 is 0 Å². The maximum absolute atomic E-state index is 12.1. The summed E-state index contributed by atoms with van der Waals surface area (Å²) in [6.45, 7) is 5.78. The zero-order chi connectivity index (χ0) is 14.0. The zero-order valence-electron chi connectivity index (χ0n) is 12.0. The number of nitrogens with zero attached hydrogens (tertiary/aromatic N) is 1. The molecule has 1 spiro atoms. The molecule has 0 aliphatic carbocycles. The zero-order valence-corrected chi connectivity index (χ0v) is 12.0. The highest BCUT2D eigenvalue weighted by Crippen LogP contribution is 2.37. The summed E-state index contributed by atoms with van der Waals surface area (Å²) >= 11 is 0. The largest absolute Gasteiger partial charge is 0.465 e. The van der Waals surface area contributed by atoms with Crippen molar-refractivity contribution in [2.45, 2.75) is 26.2 Å². The van der Waals surface area contributed by atoms with Crippen LogP contribution in [0, 0.1) is 5.41 Å². The topological polar surface area (TPSA) is 45.5 Å². The molecule has 1 amide bonds. The Kier molecular flexibility index (Phi) is 3.66. The Hall–Kier alpha value is -1.55. The highest BCUT2D eigenvalue weighted by atomic mass is 16.3. The van der Waals surface area contributed by atoms with Crippen LogP contribution in [0.4, 0.5) is 0 Å². The number of hydrogen-bond acceptors (Lipinski definition) is 3. The van der Waals surface area contributed by atoms with Gasteiger partial charge in [0, 0.05) is 19.6 Å². The third kappa shape index (κ3) is 2.66. The molecule has 0 saturated carbocycles. The third-order valence-electron chi connectivity index (χ3n) is 4.44. The van der Waals surface area contributed by atoms with Crippen molar-refractivity contribution in [2.75, 3.05) is 26.2 Å². The minimum atomic E-state index is -0.122. The predicted molar refractivity (Wildman–Crippen MR) is 78.1 cm³/mol. The molecule has 2 saturated heterocycles. The van der Waals surface area contributed by atoms with E-state index in [1.165, 1.54) is 5.57 Å². The number of nitrogens with one attached hydrogen (secondary N) is 1. The molecule has 0 aromatic carbocycles. The number of piperidine rings is 1. The number of carbonyl (C=O) groups excluding carboxylic acids is 1. The fraction of sp³-hybridized carbons (Fsp3) is 0.562. The molecule has 1 atom stereocenters. The Labute approximate surface area is 119 Å². The van der Waals surface area contributed by atoms with Crippen molar-refractivity contribution >= 4 is 12.0 Å². The average molecular weight is 274 g/mol. The first-order valence-electron chi connectivity index (χ1n) is 7.39. The Morgan fingerprint density at radius 2 is 2.45 bits per heavy atom. The molecule has 2 fully saturated rings. The van der Waals surface area contributed by atoms with Gasteiger partial charge >= 0.3 is 0 Å². The van der Waals surface area contributed by atoms with E-state index in [1.807, 2.05) is 12.1 Å². The molecule has 3 heterocycles. The lowest BCUT2D eigenvalue weighted by molar-refractivity contribution is -0.132. The van der Waals surface area contributed by atoms with Gasteiger partial charge in [-0.15, -0.1) is 0 Å². The smallest absolute Gasteiger partial charge is 0.227 e. The van der Waals surface area contributed by atoms with Crippen LogP contribution in [0.2, 0.25) is 0 Å². The lowest BCUT2D eigenvalue weighted by atomic mass is 9.79. The van der Waals surface area contributed by atoms with Gasteiger partial charge in [-0.05, 0) is 50.9 Å². The first kappa shape index (κ1) is 13.4. The van der Waals surface area contributed by atoms with E-state index in [1.54, 1.807) is 6.26 Å². The molecule has 2 aliphatic rings. The molecule has 108 valence electrons. The number of hydrogen-bond donors (Lipinski definition) is 1. The molecule has 4 heteroatoms. The summed E-state index contributed by atoms with van der Waals surface area (Å²) < 4.78 is 5.34. The van der Waals surface area contributed by atoms with E-state index in [4.69, 9.17) is 4.42 Å². The number of furan rings is 1. The summed E-state index contributed by atoms with van der Waals surface area (Å²) in [5.74, 6) is 1.16. The standard InChI is InChI=1S/C16H22N2O2/c1-13(10-14-4-2-9-20-14)11-18-8-6-16(12-18)5-3-7-17-15(16)19/h2,4,9-10H,3,5-8,11-12H2,1H3,(H,17,19)/b13-10+/t16-/m1/s1. The van der Waals surface area contributed by atoms with Crippen molar-refractivity contribution in [3.8, 4) is 0 Å². The predicted octanol–water partition coefficient (Wildman–Crippen LogP) is 2.29. The molecular weight excluding hydrogens is 252 g/mol. The quantitative estimate of drug-likeness (QED) is 0.920. The second-order valence-corrected chi connectivity index (χ2v) is 6.11. The van der Waals surface area contributed by atoms with Gasteiger partial charge in [-0.25, -0.2) is 0 Å². The van der Waals surface area contributed by atoms with Crippen LogP contribution in [0.1, 0.15) is 31.9 Å². The molecule has 0 unspecified atom stereocenters. The summed E-state index contributed by atoms with van der Waals surface area (Å²) in [4.78, 5) is 14.5. The monoisotopic (exact) mass is 274 g/mol. The Morgan fingerprint density at radius 3 is 3.20 bits per heavy atom. The Morgan fingerprint density at radius 1 is 1.55 bits per heavy atom. The molecule has 20 heavy (non-hydrogen) atoms. The normalized spacial score (nSPS) is 28.1. The minimum absolute atomic E-state index is 0.122. The molecule has 4 nitrogen and oxygen atoms in total. The lowest BCUT2D eigenvalue weighted by Crippen LogP contribution is -2.47. The van der Waals surface area contributed by atoms with Gasteiger partial charge in [-0.2, -0.15) is 0 Å². The number of likely N-dealkylation sites (tertiary alicyclic amines) is 1. The number of amides is 1. The Balaban J connectivity index is 1.61. The maximum Gasteiger partial charge on any atom is 0.227 e. The van der Waals surface area contributed by atoms with Gasteiger partial charge in [-0.3, -0.25) is 9.69 Å². The summed E-state index contributed by atoms with van der Waals surface area (Å²) in [7, 11) is 0. The van der Waals surface area contributed by atoms with E-state index < -0.39 is 0 Å². The van der Waals surface area contributed by atoms with Gasteiger partial charge in [0.05, 0.1) is 11.7 Å². The van der Waals surface area contributed by atoms with Gasteiger partial charge in [0.15, 0.2) is 0 Å². The fourth-order valence-corrected chi connectivity index (χ4v) is 3.43. The number of carbonyl (C=O) groups is 1. The Bertz CT molecular complexity index is 507. The van der Waals surface area contributed by atoms with E-state index in [9.17, 15) is 4.79 Å². The molecule has 0 radical (unpaired) electrons. The first-order valence-corrected chi connectivity index (χ1v) is 7.39. The first-order chi connectivity index (χ1) is 9.68. The van der Waals surface area contributed by atoms with Crippen LogP contribution < -0.4 is 5.32 Å².